The first kappa shape index (κ1) is 9.04. The Morgan fingerprint density at radius 2 is 2.08 bits per heavy atom. The lowest BCUT2D eigenvalue weighted by Gasteiger charge is -2.29. The third-order valence-electron chi connectivity index (χ3n) is 4.01. The molecule has 2 aliphatic rings. The number of methoxy groups -OCH3 is 1. The summed E-state index contributed by atoms with van der Waals surface area (Å²) in [5.74, 6) is 1.51. The summed E-state index contributed by atoms with van der Waals surface area (Å²) in [4.78, 5) is 11.5. The quantitative estimate of drug-likeness (QED) is 0.581. The maximum absolute atomic E-state index is 11.5. The Kier molecular flexibility index (Phi) is 1.90. The van der Waals surface area contributed by atoms with E-state index in [4.69, 9.17) is 4.74 Å². The summed E-state index contributed by atoms with van der Waals surface area (Å²) in [6.45, 7) is 4.58. The molecule has 0 aromatic rings. The molecule has 2 saturated carbocycles. The molecule has 2 aliphatic carbocycles. The van der Waals surface area contributed by atoms with E-state index in [0.29, 0.717) is 17.3 Å². The Balaban J connectivity index is 2.15. The van der Waals surface area contributed by atoms with Gasteiger partial charge in [-0.05, 0) is 36.5 Å². The Morgan fingerprint density at radius 1 is 1.38 bits per heavy atom. The molecule has 2 heteroatoms. The zero-order chi connectivity index (χ0) is 9.64. The molecular weight excluding hydrogens is 164 g/mol. The van der Waals surface area contributed by atoms with E-state index in [1.54, 1.807) is 0 Å². The Morgan fingerprint density at radius 3 is 2.54 bits per heavy atom. The SMILES string of the molecule is COC(=O)C1CC2(C)CC(C)C1C2. The van der Waals surface area contributed by atoms with E-state index in [0.717, 1.165) is 6.42 Å². The van der Waals surface area contributed by atoms with Crippen LogP contribution in [0.2, 0.25) is 0 Å². The van der Waals surface area contributed by atoms with Gasteiger partial charge in [0.15, 0.2) is 0 Å². The molecule has 0 saturated heterocycles. The largest absolute Gasteiger partial charge is 0.469 e. The fourth-order valence-electron chi connectivity index (χ4n) is 3.58. The van der Waals surface area contributed by atoms with E-state index >= 15 is 0 Å². The van der Waals surface area contributed by atoms with Crippen LogP contribution in [0.1, 0.15) is 33.1 Å². The highest BCUT2D eigenvalue weighted by Gasteiger charge is 2.53. The van der Waals surface area contributed by atoms with Crippen LogP contribution in [0, 0.1) is 23.2 Å². The highest BCUT2D eigenvalue weighted by Crippen LogP contribution is 2.59. The Labute approximate surface area is 79.7 Å². The molecule has 0 aliphatic heterocycles. The topological polar surface area (TPSA) is 26.3 Å². The van der Waals surface area contributed by atoms with Crippen LogP contribution in [-0.4, -0.2) is 13.1 Å². The van der Waals surface area contributed by atoms with E-state index < -0.39 is 0 Å². The monoisotopic (exact) mass is 182 g/mol. The van der Waals surface area contributed by atoms with Crippen molar-refractivity contribution in [1.82, 2.24) is 0 Å². The van der Waals surface area contributed by atoms with Gasteiger partial charge in [-0.2, -0.15) is 0 Å². The Bertz CT molecular complexity index is 236. The number of carbonyl (C=O) groups is 1. The van der Waals surface area contributed by atoms with Gasteiger partial charge >= 0.3 is 5.97 Å². The number of fused-ring (bicyclic) bond motifs is 2. The molecule has 2 bridgehead atoms. The summed E-state index contributed by atoms with van der Waals surface area (Å²) in [6.07, 6.45) is 3.58. The van der Waals surface area contributed by atoms with Crippen molar-refractivity contribution in [2.45, 2.75) is 33.1 Å². The zero-order valence-electron chi connectivity index (χ0n) is 8.67. The van der Waals surface area contributed by atoms with E-state index in [1.165, 1.54) is 20.0 Å². The minimum absolute atomic E-state index is 0.0141. The molecule has 0 N–H and O–H groups in total. The summed E-state index contributed by atoms with van der Waals surface area (Å²) in [7, 11) is 1.50. The number of hydrogen-bond acceptors (Lipinski definition) is 2. The molecule has 13 heavy (non-hydrogen) atoms. The zero-order valence-corrected chi connectivity index (χ0v) is 8.67. The van der Waals surface area contributed by atoms with E-state index in [9.17, 15) is 4.79 Å². The van der Waals surface area contributed by atoms with Crippen molar-refractivity contribution in [3.05, 3.63) is 0 Å². The smallest absolute Gasteiger partial charge is 0.308 e. The first-order chi connectivity index (χ1) is 6.06. The number of ether oxygens (including phenoxy) is 1. The van der Waals surface area contributed by atoms with Crippen LogP contribution < -0.4 is 0 Å². The third kappa shape index (κ3) is 1.27. The molecule has 2 rings (SSSR count). The van der Waals surface area contributed by atoms with Crippen LogP contribution in [0.25, 0.3) is 0 Å². The normalized spacial score (nSPS) is 48.1. The van der Waals surface area contributed by atoms with Crippen LogP contribution in [0.15, 0.2) is 0 Å². The van der Waals surface area contributed by atoms with Crippen LogP contribution in [0.5, 0.6) is 0 Å². The van der Waals surface area contributed by atoms with Crippen LogP contribution >= 0.6 is 0 Å². The molecule has 0 amide bonds. The summed E-state index contributed by atoms with van der Waals surface area (Å²) < 4.78 is 4.84. The van der Waals surface area contributed by atoms with Gasteiger partial charge in [-0.15, -0.1) is 0 Å². The van der Waals surface area contributed by atoms with Gasteiger partial charge in [0.25, 0.3) is 0 Å². The average Bonchev–Trinajstić information content (AvgIpc) is 2.54. The molecular formula is C11H18O2. The molecule has 0 aromatic heterocycles. The highest BCUT2D eigenvalue weighted by atomic mass is 16.5. The van der Waals surface area contributed by atoms with Crippen LogP contribution in [-0.2, 0) is 9.53 Å². The number of rotatable bonds is 1. The summed E-state index contributed by atoms with van der Waals surface area (Å²) >= 11 is 0. The highest BCUT2D eigenvalue weighted by molar-refractivity contribution is 5.73. The van der Waals surface area contributed by atoms with Crippen molar-refractivity contribution in [2.75, 3.05) is 7.11 Å². The van der Waals surface area contributed by atoms with E-state index in [2.05, 4.69) is 13.8 Å². The van der Waals surface area contributed by atoms with Crippen LogP contribution in [0.3, 0.4) is 0 Å². The maximum Gasteiger partial charge on any atom is 0.308 e. The standard InChI is InChI=1S/C11H18O2/c1-7-4-11(2)5-8(7)9(6-11)10(12)13-3/h7-9H,4-6H2,1-3H3. The fourth-order valence-corrected chi connectivity index (χ4v) is 3.58. The first-order valence-corrected chi connectivity index (χ1v) is 5.13. The number of carbonyl (C=O) groups excluding carboxylic acids is 1. The van der Waals surface area contributed by atoms with Gasteiger partial charge in [-0.25, -0.2) is 0 Å². The molecule has 0 spiro atoms. The lowest BCUT2D eigenvalue weighted by Crippen LogP contribution is -2.28. The van der Waals surface area contributed by atoms with Gasteiger partial charge in [0.1, 0.15) is 0 Å². The molecule has 2 nitrogen and oxygen atoms in total. The number of hydrogen-bond donors (Lipinski definition) is 0. The van der Waals surface area contributed by atoms with Gasteiger partial charge in [0, 0.05) is 0 Å². The minimum Gasteiger partial charge on any atom is -0.469 e. The van der Waals surface area contributed by atoms with Crippen molar-refractivity contribution in [3.63, 3.8) is 0 Å². The Hall–Kier alpha value is -0.530. The van der Waals surface area contributed by atoms with Crippen molar-refractivity contribution in [1.29, 1.82) is 0 Å². The molecule has 0 aromatic carbocycles. The van der Waals surface area contributed by atoms with Crippen molar-refractivity contribution in [2.24, 2.45) is 23.2 Å². The summed E-state index contributed by atoms with van der Waals surface area (Å²) in [5.41, 5.74) is 0.433. The average molecular weight is 182 g/mol. The maximum atomic E-state index is 11.5. The second kappa shape index (κ2) is 2.73. The van der Waals surface area contributed by atoms with Crippen molar-refractivity contribution >= 4 is 5.97 Å². The van der Waals surface area contributed by atoms with Gasteiger partial charge in [0.05, 0.1) is 13.0 Å². The predicted octanol–water partition coefficient (Wildman–Crippen LogP) is 2.23. The lowest BCUT2D eigenvalue weighted by molar-refractivity contribution is -0.148. The third-order valence-corrected chi connectivity index (χ3v) is 4.01. The van der Waals surface area contributed by atoms with Crippen molar-refractivity contribution in [3.8, 4) is 0 Å². The molecule has 0 heterocycles. The minimum atomic E-state index is 0.0141. The molecule has 2 fully saturated rings. The number of esters is 1. The molecule has 4 unspecified atom stereocenters. The van der Waals surface area contributed by atoms with Gasteiger partial charge < -0.3 is 4.74 Å². The van der Waals surface area contributed by atoms with E-state index in [-0.39, 0.29) is 11.9 Å². The van der Waals surface area contributed by atoms with E-state index in [1.807, 2.05) is 0 Å². The molecule has 0 radical (unpaired) electrons. The molecule has 4 atom stereocenters. The van der Waals surface area contributed by atoms with Gasteiger partial charge in [0.2, 0.25) is 0 Å². The second-order valence-corrected chi connectivity index (χ2v) is 5.19. The molecule has 74 valence electrons. The predicted molar refractivity (Wildman–Crippen MR) is 50.1 cm³/mol. The summed E-state index contributed by atoms with van der Waals surface area (Å²) in [6, 6.07) is 0. The van der Waals surface area contributed by atoms with Crippen molar-refractivity contribution < 1.29 is 9.53 Å². The summed E-state index contributed by atoms with van der Waals surface area (Å²) in [5, 5.41) is 0. The first-order valence-electron chi connectivity index (χ1n) is 5.13. The van der Waals surface area contributed by atoms with Gasteiger partial charge in [-0.1, -0.05) is 13.8 Å². The fraction of sp³-hybridized carbons (Fsp3) is 0.909. The van der Waals surface area contributed by atoms with Crippen LogP contribution in [0.4, 0.5) is 0 Å². The lowest BCUT2D eigenvalue weighted by atomic mass is 9.76. The van der Waals surface area contributed by atoms with Gasteiger partial charge in [-0.3, -0.25) is 4.79 Å². The second-order valence-electron chi connectivity index (χ2n) is 5.19.